The summed E-state index contributed by atoms with van der Waals surface area (Å²) in [6.07, 6.45) is -3.39. The highest BCUT2D eigenvalue weighted by molar-refractivity contribution is 9.10. The van der Waals surface area contributed by atoms with Gasteiger partial charge in [0.2, 0.25) is 5.91 Å². The number of hydrogen-bond acceptors (Lipinski definition) is 4. The van der Waals surface area contributed by atoms with Gasteiger partial charge in [0.25, 0.3) is 0 Å². The van der Waals surface area contributed by atoms with E-state index in [0.717, 1.165) is 12.1 Å². The molecule has 0 bridgehead atoms. The molecule has 0 fully saturated rings. The van der Waals surface area contributed by atoms with Crippen LogP contribution in [0.1, 0.15) is 16.7 Å². The largest absolute Gasteiger partial charge is 0.503 e. The van der Waals surface area contributed by atoms with Gasteiger partial charge in [0, 0.05) is 0 Å². The monoisotopic (exact) mass is 430 g/mol. The highest BCUT2D eigenvalue weighted by Gasteiger charge is 2.30. The van der Waals surface area contributed by atoms with E-state index in [9.17, 15) is 23.1 Å². The summed E-state index contributed by atoms with van der Waals surface area (Å²) in [5.41, 5.74) is 2.18. The number of phenolic OH excluding ortho intramolecular Hbond substituents is 1. The average Bonchev–Trinajstić information content (AvgIpc) is 2.57. The molecule has 0 unspecified atom stereocenters. The number of rotatable bonds is 5. The number of methoxy groups -OCH3 is 1. The minimum atomic E-state index is -4.46. The third-order valence-corrected chi connectivity index (χ3v) is 3.90. The molecular weight excluding hydrogens is 417 g/mol. The van der Waals surface area contributed by atoms with Gasteiger partial charge < -0.3 is 9.84 Å². The fourth-order valence-corrected chi connectivity index (χ4v) is 2.54. The number of aromatic hydroxyl groups is 1. The normalized spacial score (nSPS) is 11.6. The molecule has 0 atom stereocenters. The van der Waals surface area contributed by atoms with E-state index in [1.807, 2.05) is 0 Å². The van der Waals surface area contributed by atoms with Crippen LogP contribution in [0, 0.1) is 0 Å². The fourth-order valence-electron chi connectivity index (χ4n) is 2.09. The zero-order valence-corrected chi connectivity index (χ0v) is 15.1. The number of carbonyl (C=O) groups is 1. The smallest absolute Gasteiger partial charge is 0.416 e. The molecule has 2 N–H and O–H groups in total. The molecule has 0 aliphatic carbocycles. The number of carbonyl (C=O) groups excluding carboxylic acids is 1. The zero-order chi connectivity index (χ0) is 19.3. The Morgan fingerprint density at radius 3 is 2.73 bits per heavy atom. The van der Waals surface area contributed by atoms with Crippen molar-refractivity contribution in [2.45, 2.75) is 12.6 Å². The number of halogens is 4. The Morgan fingerprint density at radius 2 is 2.08 bits per heavy atom. The molecule has 2 aromatic carbocycles. The molecule has 0 saturated carbocycles. The summed E-state index contributed by atoms with van der Waals surface area (Å²) < 4.78 is 43.4. The van der Waals surface area contributed by atoms with Crippen molar-refractivity contribution < 1.29 is 27.8 Å². The van der Waals surface area contributed by atoms with Crippen molar-refractivity contribution in [1.82, 2.24) is 5.43 Å². The first-order valence-corrected chi connectivity index (χ1v) is 8.04. The van der Waals surface area contributed by atoms with Crippen LogP contribution >= 0.6 is 15.9 Å². The minimum Gasteiger partial charge on any atom is -0.503 e. The molecule has 1 amide bonds. The molecule has 0 aromatic heterocycles. The Labute approximate surface area is 155 Å². The first kappa shape index (κ1) is 19.8. The number of hydrazone groups is 1. The van der Waals surface area contributed by atoms with E-state index in [-0.39, 0.29) is 23.5 Å². The number of amides is 1. The topological polar surface area (TPSA) is 70.9 Å². The molecule has 2 aromatic rings. The number of nitrogens with one attached hydrogen (secondary N) is 1. The van der Waals surface area contributed by atoms with E-state index >= 15 is 0 Å². The van der Waals surface area contributed by atoms with E-state index in [0.29, 0.717) is 10.0 Å². The van der Waals surface area contributed by atoms with Gasteiger partial charge in [-0.1, -0.05) is 18.2 Å². The molecule has 0 radical (unpaired) electrons. The summed E-state index contributed by atoms with van der Waals surface area (Å²) in [6.45, 7) is 0. The second kappa shape index (κ2) is 8.22. The van der Waals surface area contributed by atoms with Gasteiger partial charge in [-0.3, -0.25) is 4.79 Å². The fraction of sp³-hybridized carbons (Fsp3) is 0.176. The van der Waals surface area contributed by atoms with Crippen LogP contribution in [0.5, 0.6) is 11.5 Å². The quantitative estimate of drug-likeness (QED) is 0.558. The highest BCUT2D eigenvalue weighted by atomic mass is 79.9. The maximum atomic E-state index is 12.7. The lowest BCUT2D eigenvalue weighted by atomic mass is 10.1. The van der Waals surface area contributed by atoms with Crippen LogP contribution in [0.3, 0.4) is 0 Å². The Morgan fingerprint density at radius 1 is 1.35 bits per heavy atom. The lowest BCUT2D eigenvalue weighted by Crippen LogP contribution is -2.20. The number of hydrogen-bond donors (Lipinski definition) is 2. The predicted molar refractivity (Wildman–Crippen MR) is 93.2 cm³/mol. The summed E-state index contributed by atoms with van der Waals surface area (Å²) in [7, 11) is 1.39. The van der Waals surface area contributed by atoms with Gasteiger partial charge in [0.1, 0.15) is 0 Å². The van der Waals surface area contributed by atoms with Gasteiger partial charge >= 0.3 is 6.18 Å². The van der Waals surface area contributed by atoms with Gasteiger partial charge in [0.05, 0.1) is 29.8 Å². The van der Waals surface area contributed by atoms with Crippen molar-refractivity contribution in [3.05, 3.63) is 57.6 Å². The van der Waals surface area contributed by atoms with Gasteiger partial charge in [0.15, 0.2) is 11.5 Å². The minimum absolute atomic E-state index is 0.0711. The van der Waals surface area contributed by atoms with Crippen LogP contribution in [0.25, 0.3) is 0 Å². The average molecular weight is 431 g/mol. The Balaban J connectivity index is 2.01. The highest BCUT2D eigenvalue weighted by Crippen LogP contribution is 2.34. The van der Waals surface area contributed by atoms with E-state index in [1.54, 1.807) is 6.07 Å². The van der Waals surface area contributed by atoms with Gasteiger partial charge in [-0.25, -0.2) is 5.43 Å². The third kappa shape index (κ3) is 5.22. The molecule has 0 aliphatic heterocycles. The predicted octanol–water partition coefficient (Wildman–Crippen LogP) is 3.87. The molecule has 9 heteroatoms. The number of alkyl halides is 3. The second-order valence-electron chi connectivity index (χ2n) is 5.22. The van der Waals surface area contributed by atoms with E-state index in [4.69, 9.17) is 4.74 Å². The third-order valence-electron chi connectivity index (χ3n) is 3.29. The van der Waals surface area contributed by atoms with Crippen molar-refractivity contribution >= 4 is 28.1 Å². The van der Waals surface area contributed by atoms with E-state index in [1.165, 1.54) is 31.5 Å². The summed E-state index contributed by atoms with van der Waals surface area (Å²) in [5.74, 6) is -0.417. The number of phenols is 1. The lowest BCUT2D eigenvalue weighted by Gasteiger charge is -2.08. The Hall–Kier alpha value is -2.55. The summed E-state index contributed by atoms with van der Waals surface area (Å²) in [6, 6.07) is 7.60. The molecule has 0 aliphatic rings. The second-order valence-corrected chi connectivity index (χ2v) is 6.08. The van der Waals surface area contributed by atoms with Crippen LogP contribution < -0.4 is 10.2 Å². The van der Waals surface area contributed by atoms with Crippen molar-refractivity contribution in [2.75, 3.05) is 7.11 Å². The van der Waals surface area contributed by atoms with Crippen LogP contribution in [0.4, 0.5) is 13.2 Å². The molecule has 0 heterocycles. The Bertz CT molecular complexity index is 838. The van der Waals surface area contributed by atoms with E-state index in [2.05, 4.69) is 26.5 Å². The number of benzene rings is 2. The lowest BCUT2D eigenvalue weighted by molar-refractivity contribution is -0.137. The molecule has 0 saturated heterocycles. The first-order chi connectivity index (χ1) is 12.2. The van der Waals surface area contributed by atoms with Crippen molar-refractivity contribution in [3.63, 3.8) is 0 Å². The molecule has 138 valence electrons. The molecular formula is C17H14BrF3N2O3. The van der Waals surface area contributed by atoms with Crippen LogP contribution in [0.2, 0.25) is 0 Å². The molecule has 0 spiro atoms. The van der Waals surface area contributed by atoms with Crippen molar-refractivity contribution in [3.8, 4) is 11.5 Å². The van der Waals surface area contributed by atoms with Crippen LogP contribution in [-0.4, -0.2) is 24.3 Å². The summed E-state index contributed by atoms with van der Waals surface area (Å²) in [4.78, 5) is 11.8. The van der Waals surface area contributed by atoms with Gasteiger partial charge in [-0.15, -0.1) is 0 Å². The van der Waals surface area contributed by atoms with Gasteiger partial charge in [-0.05, 0) is 45.3 Å². The van der Waals surface area contributed by atoms with Crippen LogP contribution in [0.15, 0.2) is 46.0 Å². The van der Waals surface area contributed by atoms with Gasteiger partial charge in [-0.2, -0.15) is 18.3 Å². The number of nitrogens with zero attached hydrogens (tertiary/aromatic N) is 1. The first-order valence-electron chi connectivity index (χ1n) is 7.25. The van der Waals surface area contributed by atoms with Crippen molar-refractivity contribution in [1.29, 1.82) is 0 Å². The van der Waals surface area contributed by atoms with Crippen LogP contribution in [-0.2, 0) is 17.4 Å². The van der Waals surface area contributed by atoms with E-state index < -0.39 is 17.6 Å². The zero-order valence-electron chi connectivity index (χ0n) is 13.5. The SMILES string of the molecule is COc1cc(/C=N\NC(=O)Cc2cccc(C(F)(F)F)c2)cc(Br)c1O. The summed E-state index contributed by atoms with van der Waals surface area (Å²) >= 11 is 3.15. The molecule has 5 nitrogen and oxygen atoms in total. The molecule has 26 heavy (non-hydrogen) atoms. The number of ether oxygens (including phenoxy) is 1. The summed E-state index contributed by atoms with van der Waals surface area (Å²) in [5, 5.41) is 13.5. The Kier molecular flexibility index (Phi) is 6.25. The van der Waals surface area contributed by atoms with Crippen molar-refractivity contribution in [2.24, 2.45) is 5.10 Å². The molecule has 2 rings (SSSR count). The maximum Gasteiger partial charge on any atom is 0.416 e. The maximum absolute atomic E-state index is 12.7. The standard InChI is InChI=1S/C17H14BrF3N2O3/c1-26-14-7-11(6-13(18)16(14)25)9-22-23-15(24)8-10-3-2-4-12(5-10)17(19,20)21/h2-7,9,25H,8H2,1H3,(H,23,24)/b22-9-.